The normalized spacial score (nSPS) is 13.6. The minimum absolute atomic E-state index is 0.327. The van der Waals surface area contributed by atoms with E-state index in [-0.39, 0.29) is 0 Å². The molecule has 0 aliphatic heterocycles. The van der Waals surface area contributed by atoms with Gasteiger partial charge in [0.2, 0.25) is 10.0 Å². The number of aliphatic hydroxyl groups excluding tert-OH is 1. The van der Waals surface area contributed by atoms with Crippen molar-refractivity contribution in [2.75, 3.05) is 12.3 Å². The van der Waals surface area contributed by atoms with Gasteiger partial charge < -0.3 is 10.8 Å². The summed E-state index contributed by atoms with van der Waals surface area (Å²) in [6.45, 7) is 1.23. The van der Waals surface area contributed by atoms with Crippen LogP contribution in [0.15, 0.2) is 17.0 Å². The van der Waals surface area contributed by atoms with E-state index in [0.717, 1.165) is 12.1 Å². The third kappa shape index (κ3) is 2.95. The zero-order valence-electron chi connectivity index (χ0n) is 9.65. The molecule has 5 nitrogen and oxygen atoms in total. The van der Waals surface area contributed by atoms with Crippen molar-refractivity contribution in [3.05, 3.63) is 23.8 Å². The van der Waals surface area contributed by atoms with Crippen LogP contribution in [0, 0.1) is 11.6 Å². The number of nitrogen functional groups attached to an aromatic ring is 1. The molecule has 102 valence electrons. The maximum Gasteiger partial charge on any atom is 0.243 e. The van der Waals surface area contributed by atoms with Gasteiger partial charge in [0.25, 0.3) is 0 Å². The van der Waals surface area contributed by atoms with Gasteiger partial charge in [0, 0.05) is 6.04 Å². The van der Waals surface area contributed by atoms with E-state index in [1.165, 1.54) is 0 Å². The average Bonchev–Trinajstić information content (AvgIpc) is 2.32. The van der Waals surface area contributed by atoms with Gasteiger partial charge >= 0.3 is 0 Å². The Hall–Kier alpha value is -1.25. The van der Waals surface area contributed by atoms with E-state index in [2.05, 4.69) is 4.72 Å². The molecule has 1 aromatic carbocycles. The van der Waals surface area contributed by atoms with Crippen molar-refractivity contribution < 1.29 is 22.3 Å². The molecule has 0 radical (unpaired) electrons. The molecule has 0 aromatic heterocycles. The summed E-state index contributed by atoms with van der Waals surface area (Å²) in [6, 6.07) is 0.820. The zero-order valence-corrected chi connectivity index (χ0v) is 10.5. The van der Waals surface area contributed by atoms with Gasteiger partial charge in [-0.05, 0) is 18.6 Å². The first-order chi connectivity index (χ1) is 8.33. The summed E-state index contributed by atoms with van der Waals surface area (Å²) in [5.41, 5.74) is 4.23. The highest BCUT2D eigenvalue weighted by atomic mass is 32.2. The fourth-order valence-electron chi connectivity index (χ4n) is 1.29. The third-order valence-electron chi connectivity index (χ3n) is 2.42. The number of hydrogen-bond donors (Lipinski definition) is 3. The SMILES string of the molecule is CCC(CO)NS(=O)(=O)c1ccc(F)c(N)c1F. The van der Waals surface area contributed by atoms with Crippen molar-refractivity contribution in [1.29, 1.82) is 0 Å². The molecule has 0 spiro atoms. The van der Waals surface area contributed by atoms with Crippen molar-refractivity contribution in [2.45, 2.75) is 24.3 Å². The third-order valence-corrected chi connectivity index (χ3v) is 3.95. The van der Waals surface area contributed by atoms with Crippen LogP contribution in [0.2, 0.25) is 0 Å². The Morgan fingerprint density at radius 3 is 2.56 bits per heavy atom. The Labute approximate surface area is 104 Å². The lowest BCUT2D eigenvalue weighted by molar-refractivity contribution is 0.253. The molecule has 4 N–H and O–H groups in total. The molecular weight excluding hydrogens is 266 g/mol. The van der Waals surface area contributed by atoms with E-state index >= 15 is 0 Å². The van der Waals surface area contributed by atoms with Crippen LogP contribution in [0.5, 0.6) is 0 Å². The molecule has 0 saturated heterocycles. The molecule has 1 rings (SSSR count). The van der Waals surface area contributed by atoms with Gasteiger partial charge in [0.15, 0.2) is 5.82 Å². The standard InChI is InChI=1S/C10H14F2N2O3S/c1-2-6(5-15)14-18(16,17)8-4-3-7(11)10(13)9(8)12/h3-4,6,14-15H,2,5,13H2,1H3. The van der Waals surface area contributed by atoms with Crippen LogP contribution in [0.25, 0.3) is 0 Å². The lowest BCUT2D eigenvalue weighted by Gasteiger charge is -2.15. The average molecular weight is 280 g/mol. The first-order valence-corrected chi connectivity index (χ1v) is 6.68. The van der Waals surface area contributed by atoms with Crippen molar-refractivity contribution in [3.63, 3.8) is 0 Å². The molecule has 0 saturated carbocycles. The topological polar surface area (TPSA) is 92.4 Å². The molecule has 1 unspecified atom stereocenters. The van der Waals surface area contributed by atoms with E-state index in [1.54, 1.807) is 6.92 Å². The van der Waals surface area contributed by atoms with Crippen LogP contribution in [-0.2, 0) is 10.0 Å². The zero-order chi connectivity index (χ0) is 13.9. The smallest absolute Gasteiger partial charge is 0.243 e. The number of sulfonamides is 1. The monoisotopic (exact) mass is 280 g/mol. The van der Waals surface area contributed by atoms with Gasteiger partial charge in [0.05, 0.1) is 6.61 Å². The molecule has 0 fully saturated rings. The number of nitrogens with one attached hydrogen (secondary N) is 1. The number of anilines is 1. The van der Waals surface area contributed by atoms with Gasteiger partial charge in [-0.25, -0.2) is 21.9 Å². The molecular formula is C10H14F2N2O3S. The Kier molecular flexibility index (Phi) is 4.60. The largest absolute Gasteiger partial charge is 0.395 e. The highest BCUT2D eigenvalue weighted by Crippen LogP contribution is 2.22. The van der Waals surface area contributed by atoms with E-state index < -0.39 is 44.9 Å². The molecule has 1 atom stereocenters. The van der Waals surface area contributed by atoms with Gasteiger partial charge in [-0.15, -0.1) is 0 Å². The second-order valence-electron chi connectivity index (χ2n) is 3.68. The van der Waals surface area contributed by atoms with E-state index in [0.29, 0.717) is 6.42 Å². The molecule has 8 heteroatoms. The first kappa shape index (κ1) is 14.8. The van der Waals surface area contributed by atoms with Crippen molar-refractivity contribution in [2.24, 2.45) is 0 Å². The van der Waals surface area contributed by atoms with E-state index in [1.807, 2.05) is 0 Å². The second kappa shape index (κ2) is 5.59. The van der Waals surface area contributed by atoms with Crippen molar-refractivity contribution in [3.8, 4) is 0 Å². The van der Waals surface area contributed by atoms with Gasteiger partial charge in [-0.2, -0.15) is 0 Å². The summed E-state index contributed by atoms with van der Waals surface area (Å²) in [4.78, 5) is -0.742. The van der Waals surface area contributed by atoms with Crippen LogP contribution in [0.3, 0.4) is 0 Å². The quantitative estimate of drug-likeness (QED) is 0.688. The molecule has 0 amide bonds. The maximum atomic E-state index is 13.6. The molecule has 0 bridgehead atoms. The molecule has 1 aromatic rings. The summed E-state index contributed by atoms with van der Waals surface area (Å²) < 4.78 is 52.2. The Morgan fingerprint density at radius 1 is 1.44 bits per heavy atom. The number of benzene rings is 1. The summed E-state index contributed by atoms with van der Waals surface area (Å²) in [5.74, 6) is -2.36. The number of nitrogens with two attached hydrogens (primary N) is 1. The first-order valence-electron chi connectivity index (χ1n) is 5.20. The van der Waals surface area contributed by atoms with E-state index in [9.17, 15) is 17.2 Å². The number of hydrogen-bond acceptors (Lipinski definition) is 4. The number of halogens is 2. The predicted molar refractivity (Wildman–Crippen MR) is 62.3 cm³/mol. The van der Waals surface area contributed by atoms with Gasteiger partial charge in [-0.1, -0.05) is 6.92 Å². The molecule has 0 aliphatic rings. The van der Waals surface area contributed by atoms with Crippen LogP contribution in [-0.4, -0.2) is 26.2 Å². The fraction of sp³-hybridized carbons (Fsp3) is 0.400. The minimum Gasteiger partial charge on any atom is -0.395 e. The van der Waals surface area contributed by atoms with Gasteiger partial charge in [0.1, 0.15) is 16.4 Å². The summed E-state index contributed by atoms with van der Waals surface area (Å²) in [6.07, 6.45) is 0.327. The number of rotatable bonds is 5. The van der Waals surface area contributed by atoms with Crippen LogP contribution >= 0.6 is 0 Å². The summed E-state index contributed by atoms with van der Waals surface area (Å²) >= 11 is 0. The lowest BCUT2D eigenvalue weighted by atomic mass is 10.3. The lowest BCUT2D eigenvalue weighted by Crippen LogP contribution is -2.37. The molecule has 0 aliphatic carbocycles. The molecule has 0 heterocycles. The predicted octanol–water partition coefficient (Wildman–Crippen LogP) is 0.596. The Balaban J connectivity index is 3.17. The Morgan fingerprint density at radius 2 is 2.06 bits per heavy atom. The van der Waals surface area contributed by atoms with Crippen LogP contribution in [0.4, 0.5) is 14.5 Å². The minimum atomic E-state index is -4.19. The van der Waals surface area contributed by atoms with E-state index in [4.69, 9.17) is 10.8 Å². The Bertz CT molecular complexity index is 530. The van der Waals surface area contributed by atoms with Crippen molar-refractivity contribution >= 4 is 15.7 Å². The maximum absolute atomic E-state index is 13.6. The fourth-order valence-corrected chi connectivity index (χ4v) is 2.69. The highest BCUT2D eigenvalue weighted by Gasteiger charge is 2.24. The summed E-state index contributed by atoms with van der Waals surface area (Å²) in [7, 11) is -4.19. The highest BCUT2D eigenvalue weighted by molar-refractivity contribution is 7.89. The van der Waals surface area contributed by atoms with Crippen molar-refractivity contribution in [1.82, 2.24) is 4.72 Å². The number of aliphatic hydroxyl groups is 1. The van der Waals surface area contributed by atoms with Crippen LogP contribution < -0.4 is 10.5 Å². The molecule has 18 heavy (non-hydrogen) atoms. The van der Waals surface area contributed by atoms with Gasteiger partial charge in [-0.3, -0.25) is 0 Å². The summed E-state index contributed by atoms with van der Waals surface area (Å²) in [5, 5.41) is 8.90. The second-order valence-corrected chi connectivity index (χ2v) is 5.36. The van der Waals surface area contributed by atoms with Crippen LogP contribution in [0.1, 0.15) is 13.3 Å².